The van der Waals surface area contributed by atoms with Crippen molar-refractivity contribution in [2.45, 2.75) is 31.7 Å². The zero-order valence-corrected chi connectivity index (χ0v) is 17.6. The maximum Gasteiger partial charge on any atom is 0.241 e. The number of nitrogens with one attached hydrogen (secondary N) is 1. The van der Waals surface area contributed by atoms with Crippen LogP contribution in [-0.4, -0.2) is 51.2 Å². The predicted octanol–water partition coefficient (Wildman–Crippen LogP) is 4.48. The normalized spacial score (nSPS) is 19.6. The lowest BCUT2D eigenvalue weighted by atomic mass is 9.85. The number of aromatic nitrogens is 4. The standard InChI is InChI=1S/C24H28N6/c1-29(2)20-8-5-17(6-9-20)15-26-24-27-16-23-21(11-13-30(23)28-24)18-7-10-22-19(14-18)4-3-12-25-22/h3-4,7,10-14,16-17,20H,5-6,8-9,15H2,1-2H3,(H,26,28). The molecule has 0 radical (unpaired) electrons. The summed E-state index contributed by atoms with van der Waals surface area (Å²) < 4.78 is 1.92. The van der Waals surface area contributed by atoms with E-state index in [4.69, 9.17) is 0 Å². The first-order valence-electron chi connectivity index (χ1n) is 10.8. The van der Waals surface area contributed by atoms with E-state index in [1.165, 1.54) is 25.7 Å². The number of hydrogen-bond acceptors (Lipinski definition) is 5. The van der Waals surface area contributed by atoms with Crippen LogP contribution < -0.4 is 5.32 Å². The third-order valence-corrected chi connectivity index (χ3v) is 6.43. The Morgan fingerprint density at radius 1 is 1.07 bits per heavy atom. The van der Waals surface area contributed by atoms with Gasteiger partial charge in [0.1, 0.15) is 0 Å². The topological polar surface area (TPSA) is 58.3 Å². The van der Waals surface area contributed by atoms with Crippen molar-refractivity contribution in [3.8, 4) is 11.1 Å². The summed E-state index contributed by atoms with van der Waals surface area (Å²) in [5.74, 6) is 1.40. The molecule has 1 aromatic carbocycles. The molecule has 6 heteroatoms. The van der Waals surface area contributed by atoms with Gasteiger partial charge in [-0.3, -0.25) is 4.98 Å². The molecule has 1 saturated carbocycles. The van der Waals surface area contributed by atoms with E-state index >= 15 is 0 Å². The summed E-state index contributed by atoms with van der Waals surface area (Å²) in [7, 11) is 4.37. The van der Waals surface area contributed by atoms with E-state index in [-0.39, 0.29) is 0 Å². The third-order valence-electron chi connectivity index (χ3n) is 6.43. The van der Waals surface area contributed by atoms with Crippen molar-refractivity contribution in [3.05, 3.63) is 55.0 Å². The SMILES string of the molecule is CN(C)C1CCC(CNc2ncc3c(-c4ccc5ncccc5c4)ccn3n2)CC1. The Bertz CT molecular complexity index is 1160. The van der Waals surface area contributed by atoms with Crippen molar-refractivity contribution in [2.75, 3.05) is 26.0 Å². The Hall–Kier alpha value is -2.99. The average molecular weight is 401 g/mol. The number of nitrogens with zero attached hydrogens (tertiary/aromatic N) is 5. The largest absolute Gasteiger partial charge is 0.353 e. The Morgan fingerprint density at radius 2 is 1.93 bits per heavy atom. The maximum atomic E-state index is 4.69. The summed E-state index contributed by atoms with van der Waals surface area (Å²) in [6.45, 7) is 0.942. The van der Waals surface area contributed by atoms with E-state index in [1.807, 2.05) is 29.2 Å². The van der Waals surface area contributed by atoms with Gasteiger partial charge in [0.2, 0.25) is 5.95 Å². The molecule has 1 fully saturated rings. The molecule has 3 aromatic heterocycles. The Balaban J connectivity index is 1.30. The summed E-state index contributed by atoms with van der Waals surface area (Å²) in [5, 5.41) is 9.28. The van der Waals surface area contributed by atoms with Crippen LogP contribution in [0.5, 0.6) is 0 Å². The van der Waals surface area contributed by atoms with Gasteiger partial charge < -0.3 is 10.2 Å². The predicted molar refractivity (Wildman–Crippen MR) is 122 cm³/mol. The summed E-state index contributed by atoms with van der Waals surface area (Å²) >= 11 is 0. The molecule has 1 N–H and O–H groups in total. The van der Waals surface area contributed by atoms with Crippen molar-refractivity contribution in [3.63, 3.8) is 0 Å². The molecule has 0 aliphatic heterocycles. The third kappa shape index (κ3) is 3.75. The number of pyridine rings is 1. The Kier molecular flexibility index (Phi) is 5.09. The molecular weight excluding hydrogens is 372 g/mol. The van der Waals surface area contributed by atoms with E-state index in [0.29, 0.717) is 11.9 Å². The van der Waals surface area contributed by atoms with Crippen LogP contribution in [-0.2, 0) is 0 Å². The second-order valence-electron chi connectivity index (χ2n) is 8.57. The first kappa shape index (κ1) is 19.0. The molecule has 6 nitrogen and oxygen atoms in total. The molecule has 0 saturated heterocycles. The van der Waals surface area contributed by atoms with Crippen molar-refractivity contribution in [1.82, 2.24) is 24.5 Å². The molecule has 0 unspecified atom stereocenters. The Morgan fingerprint density at radius 3 is 2.77 bits per heavy atom. The number of rotatable bonds is 5. The minimum atomic E-state index is 0.696. The molecule has 4 aromatic rings. The second kappa shape index (κ2) is 8.03. The highest BCUT2D eigenvalue weighted by Gasteiger charge is 2.22. The first-order valence-corrected chi connectivity index (χ1v) is 10.8. The quantitative estimate of drug-likeness (QED) is 0.535. The van der Waals surface area contributed by atoms with Crippen LogP contribution in [0.3, 0.4) is 0 Å². The van der Waals surface area contributed by atoms with Gasteiger partial charge in [-0.05, 0) is 75.5 Å². The molecule has 0 bridgehead atoms. The molecule has 3 heterocycles. The van der Waals surface area contributed by atoms with E-state index in [1.54, 1.807) is 0 Å². The van der Waals surface area contributed by atoms with Gasteiger partial charge in [0.05, 0.1) is 17.2 Å². The van der Waals surface area contributed by atoms with E-state index in [2.05, 4.69) is 69.7 Å². The zero-order valence-electron chi connectivity index (χ0n) is 17.6. The summed E-state index contributed by atoms with van der Waals surface area (Å²) in [5.41, 5.74) is 4.30. The zero-order chi connectivity index (χ0) is 20.5. The van der Waals surface area contributed by atoms with Gasteiger partial charge >= 0.3 is 0 Å². The fourth-order valence-electron chi connectivity index (χ4n) is 4.57. The molecule has 5 rings (SSSR count). The minimum absolute atomic E-state index is 0.696. The van der Waals surface area contributed by atoms with Crippen LogP contribution in [0.25, 0.3) is 27.5 Å². The number of anilines is 1. The number of benzene rings is 1. The van der Waals surface area contributed by atoms with E-state index in [9.17, 15) is 0 Å². The van der Waals surface area contributed by atoms with Crippen molar-refractivity contribution in [1.29, 1.82) is 0 Å². The van der Waals surface area contributed by atoms with Crippen LogP contribution in [0, 0.1) is 5.92 Å². The van der Waals surface area contributed by atoms with Crippen molar-refractivity contribution in [2.24, 2.45) is 5.92 Å². The van der Waals surface area contributed by atoms with Gasteiger partial charge in [-0.1, -0.05) is 12.1 Å². The molecule has 154 valence electrons. The van der Waals surface area contributed by atoms with Crippen molar-refractivity contribution < 1.29 is 0 Å². The van der Waals surface area contributed by atoms with Gasteiger partial charge in [0, 0.05) is 35.9 Å². The van der Waals surface area contributed by atoms with Crippen LogP contribution in [0.4, 0.5) is 5.95 Å². The van der Waals surface area contributed by atoms with Gasteiger partial charge in [-0.15, -0.1) is 5.10 Å². The minimum Gasteiger partial charge on any atom is -0.353 e. The fourth-order valence-corrected chi connectivity index (χ4v) is 4.57. The fraction of sp³-hybridized carbons (Fsp3) is 0.375. The van der Waals surface area contributed by atoms with Crippen LogP contribution in [0.15, 0.2) is 55.0 Å². The van der Waals surface area contributed by atoms with Crippen LogP contribution >= 0.6 is 0 Å². The molecule has 1 aliphatic carbocycles. The molecule has 0 atom stereocenters. The smallest absolute Gasteiger partial charge is 0.241 e. The van der Waals surface area contributed by atoms with Gasteiger partial charge in [0.25, 0.3) is 0 Å². The average Bonchev–Trinajstić information content (AvgIpc) is 3.21. The second-order valence-corrected chi connectivity index (χ2v) is 8.57. The Labute approximate surface area is 177 Å². The molecule has 0 spiro atoms. The summed E-state index contributed by atoms with van der Waals surface area (Å²) in [6.07, 6.45) is 10.8. The summed E-state index contributed by atoms with van der Waals surface area (Å²) in [4.78, 5) is 11.4. The van der Waals surface area contributed by atoms with E-state index < -0.39 is 0 Å². The van der Waals surface area contributed by atoms with Gasteiger partial charge in [-0.25, -0.2) is 9.50 Å². The van der Waals surface area contributed by atoms with Crippen molar-refractivity contribution >= 4 is 22.4 Å². The first-order chi connectivity index (χ1) is 14.7. The van der Waals surface area contributed by atoms with Gasteiger partial charge in [-0.2, -0.15) is 0 Å². The van der Waals surface area contributed by atoms with Crippen LogP contribution in [0.1, 0.15) is 25.7 Å². The maximum absolute atomic E-state index is 4.69. The highest BCUT2D eigenvalue weighted by molar-refractivity contribution is 5.88. The summed E-state index contributed by atoms with van der Waals surface area (Å²) in [6, 6.07) is 13.3. The number of hydrogen-bond donors (Lipinski definition) is 1. The lowest BCUT2D eigenvalue weighted by molar-refractivity contribution is 0.198. The van der Waals surface area contributed by atoms with Crippen LogP contribution in [0.2, 0.25) is 0 Å². The molecule has 1 aliphatic rings. The molecule has 30 heavy (non-hydrogen) atoms. The van der Waals surface area contributed by atoms with E-state index in [0.717, 1.165) is 40.1 Å². The number of fused-ring (bicyclic) bond motifs is 2. The lowest BCUT2D eigenvalue weighted by Gasteiger charge is -2.32. The highest BCUT2D eigenvalue weighted by Crippen LogP contribution is 2.29. The van der Waals surface area contributed by atoms with Gasteiger partial charge in [0.15, 0.2) is 0 Å². The molecular formula is C24H28N6. The molecule has 0 amide bonds. The highest BCUT2D eigenvalue weighted by atomic mass is 15.3. The monoisotopic (exact) mass is 400 g/mol. The lowest BCUT2D eigenvalue weighted by Crippen LogP contribution is -2.33.